The Bertz CT molecular complexity index is 475. The number of rotatable bonds is 3. The largest absolute Gasteiger partial charge is 0.468 e. The molecule has 0 aliphatic carbocycles. The first kappa shape index (κ1) is 12.6. The van der Waals surface area contributed by atoms with Crippen molar-refractivity contribution in [3.63, 3.8) is 0 Å². The van der Waals surface area contributed by atoms with Crippen molar-refractivity contribution in [3.05, 3.63) is 17.9 Å². The molecule has 98 valence electrons. The molecular formula is C12H15NO5. The van der Waals surface area contributed by atoms with Crippen molar-refractivity contribution in [3.8, 4) is 0 Å². The molecule has 2 heterocycles. The van der Waals surface area contributed by atoms with Crippen LogP contribution in [-0.2, 0) is 19.1 Å². The van der Waals surface area contributed by atoms with E-state index in [-0.39, 0.29) is 19.1 Å². The van der Waals surface area contributed by atoms with Crippen molar-refractivity contribution < 1.29 is 23.5 Å². The minimum Gasteiger partial charge on any atom is -0.468 e. The van der Waals surface area contributed by atoms with E-state index in [2.05, 4.69) is 4.74 Å². The third-order valence-electron chi connectivity index (χ3n) is 3.04. The van der Waals surface area contributed by atoms with Crippen LogP contribution in [0.5, 0.6) is 0 Å². The summed E-state index contributed by atoms with van der Waals surface area (Å²) in [6, 6.07) is 3.43. The lowest BCUT2D eigenvalue weighted by atomic mass is 9.84. The third-order valence-corrected chi connectivity index (χ3v) is 3.04. The van der Waals surface area contributed by atoms with E-state index in [0.29, 0.717) is 11.6 Å². The first-order valence-electron chi connectivity index (χ1n) is 5.52. The van der Waals surface area contributed by atoms with Gasteiger partial charge in [-0.1, -0.05) is 0 Å². The van der Waals surface area contributed by atoms with E-state index in [4.69, 9.17) is 9.15 Å². The second kappa shape index (κ2) is 4.45. The Morgan fingerprint density at radius 3 is 2.44 bits per heavy atom. The van der Waals surface area contributed by atoms with Gasteiger partial charge in [0.1, 0.15) is 5.76 Å². The number of carbonyl (C=O) groups is 2. The number of aryl methyl sites for hydroxylation is 1. The molecule has 18 heavy (non-hydrogen) atoms. The molecule has 0 bridgehead atoms. The Labute approximate surface area is 104 Å². The summed E-state index contributed by atoms with van der Waals surface area (Å²) in [4.78, 5) is 25.4. The summed E-state index contributed by atoms with van der Waals surface area (Å²) in [6.07, 6.45) is 0. The van der Waals surface area contributed by atoms with Gasteiger partial charge in [-0.2, -0.15) is 0 Å². The van der Waals surface area contributed by atoms with Crippen molar-refractivity contribution in [1.29, 1.82) is 0 Å². The number of hydrogen-bond acceptors (Lipinski definition) is 5. The first-order valence-corrected chi connectivity index (χ1v) is 5.52. The number of ether oxygens (including phenoxy) is 2. The number of amides is 1. The van der Waals surface area contributed by atoms with Gasteiger partial charge < -0.3 is 13.9 Å². The Morgan fingerprint density at radius 2 is 2.06 bits per heavy atom. The number of furan rings is 1. The van der Waals surface area contributed by atoms with Crippen LogP contribution in [-0.4, -0.2) is 39.2 Å². The SMILES string of the molecule is COC(=O)C1(C(=O)N(C)c2ccc(C)o2)COC1. The molecule has 6 heteroatoms. The van der Waals surface area contributed by atoms with E-state index in [1.54, 1.807) is 26.1 Å². The van der Waals surface area contributed by atoms with Gasteiger partial charge in [0.25, 0.3) is 5.91 Å². The van der Waals surface area contributed by atoms with E-state index in [9.17, 15) is 9.59 Å². The zero-order valence-corrected chi connectivity index (χ0v) is 10.6. The van der Waals surface area contributed by atoms with Crippen LogP contribution in [0.15, 0.2) is 16.5 Å². The van der Waals surface area contributed by atoms with Gasteiger partial charge in [-0.3, -0.25) is 14.5 Å². The molecule has 0 saturated carbocycles. The highest BCUT2D eigenvalue weighted by atomic mass is 16.5. The average Bonchev–Trinajstić information content (AvgIpc) is 2.72. The molecule has 0 N–H and O–H groups in total. The monoisotopic (exact) mass is 253 g/mol. The van der Waals surface area contributed by atoms with Gasteiger partial charge in [-0.05, 0) is 13.0 Å². The molecule has 1 aromatic rings. The zero-order valence-electron chi connectivity index (χ0n) is 10.6. The van der Waals surface area contributed by atoms with Crippen LogP contribution in [0.1, 0.15) is 5.76 Å². The maximum absolute atomic E-state index is 12.3. The zero-order chi connectivity index (χ0) is 13.3. The van der Waals surface area contributed by atoms with Gasteiger partial charge in [0.2, 0.25) is 5.88 Å². The number of esters is 1. The van der Waals surface area contributed by atoms with E-state index in [1.165, 1.54) is 12.0 Å². The summed E-state index contributed by atoms with van der Waals surface area (Å²) in [5.41, 5.74) is -1.23. The number of hydrogen-bond donors (Lipinski definition) is 0. The van der Waals surface area contributed by atoms with Gasteiger partial charge in [0.15, 0.2) is 5.41 Å². The second-order valence-corrected chi connectivity index (χ2v) is 4.31. The Hall–Kier alpha value is -1.82. The number of nitrogens with zero attached hydrogens (tertiary/aromatic N) is 1. The number of methoxy groups -OCH3 is 1. The van der Waals surface area contributed by atoms with Crippen LogP contribution in [0.4, 0.5) is 5.88 Å². The van der Waals surface area contributed by atoms with E-state index in [1.807, 2.05) is 0 Å². The fourth-order valence-electron chi connectivity index (χ4n) is 1.85. The van der Waals surface area contributed by atoms with Crippen molar-refractivity contribution in [2.24, 2.45) is 5.41 Å². The van der Waals surface area contributed by atoms with E-state index >= 15 is 0 Å². The number of carbonyl (C=O) groups excluding carboxylic acids is 2. The van der Waals surface area contributed by atoms with Crippen LogP contribution < -0.4 is 4.90 Å². The maximum Gasteiger partial charge on any atom is 0.326 e. The van der Waals surface area contributed by atoms with Crippen molar-refractivity contribution >= 4 is 17.8 Å². The van der Waals surface area contributed by atoms with Gasteiger partial charge in [-0.15, -0.1) is 0 Å². The van der Waals surface area contributed by atoms with Crippen LogP contribution in [0.25, 0.3) is 0 Å². The van der Waals surface area contributed by atoms with E-state index in [0.717, 1.165) is 0 Å². The summed E-state index contributed by atoms with van der Waals surface area (Å²) >= 11 is 0. The summed E-state index contributed by atoms with van der Waals surface area (Å²) in [5, 5.41) is 0. The predicted octanol–water partition coefficient (Wildman–Crippen LogP) is 0.740. The summed E-state index contributed by atoms with van der Waals surface area (Å²) in [5.74, 6) is 0.137. The molecule has 1 saturated heterocycles. The molecule has 0 unspecified atom stereocenters. The molecule has 0 radical (unpaired) electrons. The Kier molecular flexibility index (Phi) is 3.13. The summed E-state index contributed by atoms with van der Waals surface area (Å²) in [6.45, 7) is 1.87. The molecule has 1 aliphatic heterocycles. The highest BCUT2D eigenvalue weighted by Gasteiger charge is 2.55. The Balaban J connectivity index is 2.22. The van der Waals surface area contributed by atoms with Crippen molar-refractivity contribution in [1.82, 2.24) is 0 Å². The summed E-state index contributed by atoms with van der Waals surface area (Å²) in [7, 11) is 2.82. The van der Waals surface area contributed by atoms with E-state index < -0.39 is 11.4 Å². The standard InChI is InChI=1S/C12H15NO5/c1-8-4-5-9(18-8)13(2)10(14)12(6-17-7-12)11(15)16-3/h4-5H,6-7H2,1-3H3. The summed E-state index contributed by atoms with van der Waals surface area (Å²) < 4.78 is 15.0. The fraction of sp³-hybridized carbons (Fsp3) is 0.500. The molecular weight excluding hydrogens is 238 g/mol. The molecule has 6 nitrogen and oxygen atoms in total. The minimum absolute atomic E-state index is 0.0442. The van der Waals surface area contributed by atoms with Gasteiger partial charge in [-0.25, -0.2) is 0 Å². The predicted molar refractivity (Wildman–Crippen MR) is 62.1 cm³/mol. The quantitative estimate of drug-likeness (QED) is 0.587. The van der Waals surface area contributed by atoms with Gasteiger partial charge >= 0.3 is 5.97 Å². The van der Waals surface area contributed by atoms with Gasteiger partial charge in [0, 0.05) is 13.1 Å². The lowest BCUT2D eigenvalue weighted by molar-refractivity contribution is -0.186. The second-order valence-electron chi connectivity index (χ2n) is 4.31. The van der Waals surface area contributed by atoms with Crippen LogP contribution in [0.2, 0.25) is 0 Å². The van der Waals surface area contributed by atoms with Gasteiger partial charge in [0.05, 0.1) is 20.3 Å². The normalized spacial score (nSPS) is 16.8. The molecule has 1 fully saturated rings. The van der Waals surface area contributed by atoms with Crippen LogP contribution >= 0.6 is 0 Å². The molecule has 0 spiro atoms. The molecule has 1 amide bonds. The molecule has 0 aromatic carbocycles. The highest BCUT2D eigenvalue weighted by Crippen LogP contribution is 2.33. The third kappa shape index (κ3) is 1.78. The average molecular weight is 253 g/mol. The van der Waals surface area contributed by atoms with Crippen LogP contribution in [0, 0.1) is 12.3 Å². The van der Waals surface area contributed by atoms with Crippen molar-refractivity contribution in [2.45, 2.75) is 6.92 Å². The Morgan fingerprint density at radius 1 is 1.39 bits per heavy atom. The molecule has 1 aliphatic rings. The fourth-order valence-corrected chi connectivity index (χ4v) is 1.85. The molecule has 1 aromatic heterocycles. The lowest BCUT2D eigenvalue weighted by Crippen LogP contribution is -2.59. The minimum atomic E-state index is -1.23. The highest BCUT2D eigenvalue weighted by molar-refractivity contribution is 6.10. The topological polar surface area (TPSA) is 69.0 Å². The first-order chi connectivity index (χ1) is 8.51. The molecule has 0 atom stereocenters. The number of anilines is 1. The van der Waals surface area contributed by atoms with Crippen LogP contribution in [0.3, 0.4) is 0 Å². The maximum atomic E-state index is 12.3. The molecule has 2 rings (SSSR count). The lowest BCUT2D eigenvalue weighted by Gasteiger charge is -2.38. The van der Waals surface area contributed by atoms with Crippen molar-refractivity contribution in [2.75, 3.05) is 32.3 Å². The smallest absolute Gasteiger partial charge is 0.326 e.